The summed E-state index contributed by atoms with van der Waals surface area (Å²) in [6.07, 6.45) is 2.99. The molecule has 3 aromatic heterocycles. The van der Waals surface area contributed by atoms with Crippen molar-refractivity contribution in [1.82, 2.24) is 24.4 Å². The maximum absolute atomic E-state index is 14.1. The van der Waals surface area contributed by atoms with Gasteiger partial charge >= 0.3 is 5.69 Å². The number of benzene rings is 1. The van der Waals surface area contributed by atoms with E-state index in [2.05, 4.69) is 16.5 Å². The number of hydrogen-bond donors (Lipinski definition) is 1. The number of aromatic nitrogens is 4. The SMILES string of the molecule is C=CC(=O)N1CCN2c3nc(=O)n(-c4c(C)ccnc4C(C)C)c4nc(-c5c(O)cccc5Cl)c(Cl)c(c34)OCC2C1. The summed E-state index contributed by atoms with van der Waals surface area (Å²) in [6.45, 7) is 10.8. The molecule has 42 heavy (non-hydrogen) atoms. The van der Waals surface area contributed by atoms with Gasteiger partial charge in [-0.3, -0.25) is 9.78 Å². The monoisotopic (exact) mass is 606 g/mol. The average molecular weight is 607 g/mol. The van der Waals surface area contributed by atoms with Crippen LogP contribution in [0.25, 0.3) is 28.0 Å². The summed E-state index contributed by atoms with van der Waals surface area (Å²) < 4.78 is 7.83. The van der Waals surface area contributed by atoms with Crippen LogP contribution in [0.3, 0.4) is 0 Å². The Morgan fingerprint density at radius 3 is 2.71 bits per heavy atom. The van der Waals surface area contributed by atoms with Gasteiger partial charge in [0.25, 0.3) is 0 Å². The molecule has 1 N–H and O–H groups in total. The molecule has 1 aromatic carbocycles. The summed E-state index contributed by atoms with van der Waals surface area (Å²) in [7, 11) is 0. The third-order valence-electron chi connectivity index (χ3n) is 7.72. The predicted octanol–water partition coefficient (Wildman–Crippen LogP) is 4.88. The average Bonchev–Trinajstić information content (AvgIpc) is 3.12. The molecule has 2 aliphatic heterocycles. The number of pyridine rings is 2. The van der Waals surface area contributed by atoms with Crippen molar-refractivity contribution < 1.29 is 14.6 Å². The van der Waals surface area contributed by atoms with E-state index in [9.17, 15) is 14.7 Å². The van der Waals surface area contributed by atoms with Crippen molar-refractivity contribution in [1.29, 1.82) is 0 Å². The molecule has 1 unspecified atom stereocenters. The first-order valence-corrected chi connectivity index (χ1v) is 14.3. The highest BCUT2D eigenvalue weighted by molar-refractivity contribution is 6.38. The molecule has 6 rings (SSSR count). The maximum Gasteiger partial charge on any atom is 0.355 e. The van der Waals surface area contributed by atoms with E-state index in [1.165, 1.54) is 16.7 Å². The van der Waals surface area contributed by atoms with Crippen LogP contribution in [0.15, 0.2) is 47.9 Å². The predicted molar refractivity (Wildman–Crippen MR) is 162 cm³/mol. The number of halogens is 2. The minimum atomic E-state index is -0.559. The Bertz CT molecular complexity index is 1820. The number of anilines is 1. The van der Waals surface area contributed by atoms with Crippen molar-refractivity contribution in [2.75, 3.05) is 31.1 Å². The van der Waals surface area contributed by atoms with Gasteiger partial charge in [-0.05, 0) is 42.7 Å². The van der Waals surface area contributed by atoms with Gasteiger partial charge < -0.3 is 19.6 Å². The minimum Gasteiger partial charge on any atom is -0.507 e. The van der Waals surface area contributed by atoms with Crippen molar-refractivity contribution in [3.05, 3.63) is 74.9 Å². The third kappa shape index (κ3) is 4.37. The number of carbonyl (C=O) groups is 1. The van der Waals surface area contributed by atoms with E-state index in [1.54, 1.807) is 23.2 Å². The lowest BCUT2D eigenvalue weighted by Crippen LogP contribution is -2.56. The highest BCUT2D eigenvalue weighted by Gasteiger charge is 2.37. The first-order chi connectivity index (χ1) is 20.1. The Labute approximate surface area is 251 Å². The number of aryl methyl sites for hydroxylation is 1. The Kier molecular flexibility index (Phi) is 7.06. The molecule has 1 atom stereocenters. The molecular weight excluding hydrogens is 579 g/mol. The first kappa shape index (κ1) is 28.0. The summed E-state index contributed by atoms with van der Waals surface area (Å²) >= 11 is 13.6. The molecule has 216 valence electrons. The molecule has 0 spiro atoms. The lowest BCUT2D eigenvalue weighted by Gasteiger charge is -2.40. The van der Waals surface area contributed by atoms with Crippen molar-refractivity contribution in [2.24, 2.45) is 0 Å². The number of hydrogen-bond acceptors (Lipinski definition) is 8. The summed E-state index contributed by atoms with van der Waals surface area (Å²) in [6, 6.07) is 6.23. The van der Waals surface area contributed by atoms with E-state index in [0.717, 1.165) is 5.56 Å². The van der Waals surface area contributed by atoms with Crippen LogP contribution in [-0.4, -0.2) is 67.7 Å². The second-order valence-corrected chi connectivity index (χ2v) is 11.4. The fourth-order valence-corrected chi connectivity index (χ4v) is 6.25. The topological polar surface area (TPSA) is 114 Å². The van der Waals surface area contributed by atoms with Crippen LogP contribution in [0.2, 0.25) is 10.0 Å². The zero-order chi connectivity index (χ0) is 29.9. The van der Waals surface area contributed by atoms with Gasteiger partial charge in [-0.15, -0.1) is 0 Å². The van der Waals surface area contributed by atoms with E-state index in [-0.39, 0.29) is 62.9 Å². The quantitative estimate of drug-likeness (QED) is 0.327. The van der Waals surface area contributed by atoms with Gasteiger partial charge in [-0.2, -0.15) is 4.98 Å². The van der Waals surface area contributed by atoms with Crippen LogP contribution in [0.1, 0.15) is 31.0 Å². The summed E-state index contributed by atoms with van der Waals surface area (Å²) in [5.74, 6) is 0.292. The number of nitrogens with zero attached hydrogens (tertiary/aromatic N) is 6. The van der Waals surface area contributed by atoms with Crippen LogP contribution in [0.4, 0.5) is 5.82 Å². The van der Waals surface area contributed by atoms with Crippen LogP contribution in [-0.2, 0) is 4.79 Å². The third-order valence-corrected chi connectivity index (χ3v) is 8.38. The highest BCUT2D eigenvalue weighted by Crippen LogP contribution is 2.48. The number of phenols is 1. The molecule has 1 fully saturated rings. The summed E-state index contributed by atoms with van der Waals surface area (Å²) in [5.41, 5.74) is 2.10. The second kappa shape index (κ2) is 10.6. The fraction of sp³-hybridized carbons (Fsp3) is 0.300. The molecule has 1 amide bonds. The van der Waals surface area contributed by atoms with E-state index in [0.29, 0.717) is 42.2 Å². The first-order valence-electron chi connectivity index (χ1n) is 13.5. The number of amides is 1. The zero-order valence-corrected chi connectivity index (χ0v) is 24.8. The van der Waals surface area contributed by atoms with Gasteiger partial charge in [0.05, 0.1) is 28.0 Å². The number of aromatic hydroxyl groups is 1. The normalized spacial score (nSPS) is 16.3. The molecule has 2 aliphatic rings. The molecule has 0 radical (unpaired) electrons. The highest BCUT2D eigenvalue weighted by atomic mass is 35.5. The standard InChI is InChI=1S/C30H28Cl2N6O4/c1-5-20(40)36-11-12-37-17(13-36)14-42-27-22-28(37)35-30(41)38(26-16(4)9-10-33-24(26)15(2)3)29(22)34-25(23(27)32)21-18(31)7-6-8-19(21)39/h5-10,15,17,39H,1,11-14H2,2-4H3. The Hall–Kier alpha value is -4.15. The minimum absolute atomic E-state index is 0.0211. The van der Waals surface area contributed by atoms with Crippen molar-refractivity contribution in [2.45, 2.75) is 32.7 Å². The fourth-order valence-electron chi connectivity index (χ4n) is 5.71. The van der Waals surface area contributed by atoms with Crippen LogP contribution >= 0.6 is 23.2 Å². The summed E-state index contributed by atoms with van der Waals surface area (Å²) in [4.78, 5) is 44.3. The van der Waals surface area contributed by atoms with Crippen LogP contribution < -0.4 is 15.3 Å². The van der Waals surface area contributed by atoms with Gasteiger partial charge in [-0.1, -0.05) is 49.7 Å². The van der Waals surface area contributed by atoms with Gasteiger partial charge in [0.1, 0.15) is 34.3 Å². The zero-order valence-electron chi connectivity index (χ0n) is 23.3. The number of phenolic OH excluding ortho intramolecular Hbond substituents is 1. The van der Waals surface area contributed by atoms with Gasteiger partial charge in [0.2, 0.25) is 5.91 Å². The van der Waals surface area contributed by atoms with E-state index in [4.69, 9.17) is 32.9 Å². The summed E-state index contributed by atoms with van der Waals surface area (Å²) in [5, 5.41) is 11.6. The van der Waals surface area contributed by atoms with Crippen molar-refractivity contribution in [3.8, 4) is 28.4 Å². The molecule has 0 saturated carbocycles. The van der Waals surface area contributed by atoms with Crippen LogP contribution in [0.5, 0.6) is 11.5 Å². The molecule has 12 heteroatoms. The van der Waals surface area contributed by atoms with Gasteiger partial charge in [0.15, 0.2) is 11.4 Å². The molecule has 0 bridgehead atoms. The molecule has 4 aromatic rings. The Morgan fingerprint density at radius 2 is 2.00 bits per heavy atom. The largest absolute Gasteiger partial charge is 0.507 e. The molecule has 5 heterocycles. The van der Waals surface area contributed by atoms with E-state index >= 15 is 0 Å². The number of fused-ring (bicyclic) bond motifs is 2. The maximum atomic E-state index is 14.1. The molecular formula is C30H28Cl2N6O4. The number of piperazine rings is 1. The molecule has 0 aliphatic carbocycles. The lowest BCUT2D eigenvalue weighted by atomic mass is 10.0. The van der Waals surface area contributed by atoms with Gasteiger partial charge in [0, 0.05) is 25.8 Å². The van der Waals surface area contributed by atoms with Crippen molar-refractivity contribution in [3.63, 3.8) is 0 Å². The number of carbonyl (C=O) groups excluding carboxylic acids is 1. The van der Waals surface area contributed by atoms with E-state index < -0.39 is 5.69 Å². The Balaban J connectivity index is 1.71. The lowest BCUT2D eigenvalue weighted by molar-refractivity contribution is -0.126. The van der Waals surface area contributed by atoms with E-state index in [1.807, 2.05) is 31.7 Å². The molecule has 1 saturated heterocycles. The molecule has 10 nitrogen and oxygen atoms in total. The second-order valence-electron chi connectivity index (χ2n) is 10.7. The van der Waals surface area contributed by atoms with Crippen molar-refractivity contribution >= 4 is 46.0 Å². The smallest absolute Gasteiger partial charge is 0.355 e. The number of rotatable bonds is 4. The van der Waals surface area contributed by atoms with Crippen LogP contribution in [0, 0.1) is 6.92 Å². The number of ether oxygens (including phenoxy) is 1. The van der Waals surface area contributed by atoms with Gasteiger partial charge in [-0.25, -0.2) is 14.3 Å². The Morgan fingerprint density at radius 1 is 1.21 bits per heavy atom.